The third-order valence-corrected chi connectivity index (χ3v) is 6.93. The van der Waals surface area contributed by atoms with Gasteiger partial charge in [0.2, 0.25) is 15.9 Å². The Morgan fingerprint density at radius 1 is 1.12 bits per heavy atom. The van der Waals surface area contributed by atoms with Gasteiger partial charge in [-0.15, -0.1) is 10.2 Å². The van der Waals surface area contributed by atoms with Gasteiger partial charge in [-0.05, 0) is 50.3 Å². The van der Waals surface area contributed by atoms with Crippen LogP contribution in [0.1, 0.15) is 30.8 Å². The van der Waals surface area contributed by atoms with Crippen molar-refractivity contribution in [3.8, 4) is 0 Å². The number of primary sulfonamides is 1. The normalized spacial score (nSPS) is 12.6. The van der Waals surface area contributed by atoms with Crippen LogP contribution < -0.4 is 10.5 Å². The number of carbonyl (C=O) groups is 1. The van der Waals surface area contributed by atoms with Gasteiger partial charge in [-0.2, -0.15) is 0 Å². The summed E-state index contributed by atoms with van der Waals surface area (Å²) in [4.78, 5) is 14.6. The van der Waals surface area contributed by atoms with Crippen LogP contribution in [0.2, 0.25) is 0 Å². The molecule has 3 rings (SSSR count). The third kappa shape index (κ3) is 6.64. The largest absolute Gasteiger partial charge is 0.325 e. The molecule has 0 aliphatic carbocycles. The second-order valence-electron chi connectivity index (χ2n) is 7.71. The van der Waals surface area contributed by atoms with Crippen molar-refractivity contribution in [2.24, 2.45) is 5.14 Å². The van der Waals surface area contributed by atoms with Gasteiger partial charge in [0.1, 0.15) is 0 Å². The van der Waals surface area contributed by atoms with Gasteiger partial charge in [-0.25, -0.2) is 13.6 Å². The van der Waals surface area contributed by atoms with Gasteiger partial charge in [0.05, 0.1) is 23.2 Å². The van der Waals surface area contributed by atoms with Crippen molar-refractivity contribution in [1.82, 2.24) is 19.7 Å². The van der Waals surface area contributed by atoms with E-state index in [-0.39, 0.29) is 22.6 Å². The Morgan fingerprint density at radius 3 is 2.36 bits per heavy atom. The van der Waals surface area contributed by atoms with E-state index in [2.05, 4.69) is 31.9 Å². The molecule has 3 N–H and O–H groups in total. The zero-order chi connectivity index (χ0) is 24.0. The average Bonchev–Trinajstić information content (AvgIpc) is 3.15. The third-order valence-electron chi connectivity index (χ3n) is 5.04. The van der Waals surface area contributed by atoms with Gasteiger partial charge in [0, 0.05) is 5.69 Å². The molecule has 1 aromatic heterocycles. The number of nitrogens with two attached hydrogens (primary N) is 1. The van der Waals surface area contributed by atoms with E-state index in [1.165, 1.54) is 36.0 Å². The lowest BCUT2D eigenvalue weighted by atomic mass is 10.2. The number of anilines is 1. The highest BCUT2D eigenvalue weighted by Gasteiger charge is 2.22. The van der Waals surface area contributed by atoms with E-state index in [0.717, 1.165) is 17.8 Å². The van der Waals surface area contributed by atoms with Gasteiger partial charge in [0.15, 0.2) is 11.0 Å². The van der Waals surface area contributed by atoms with Crippen LogP contribution in [-0.4, -0.2) is 53.8 Å². The number of aromatic nitrogens is 3. The second-order valence-corrected chi connectivity index (χ2v) is 10.2. The van der Waals surface area contributed by atoms with Gasteiger partial charge < -0.3 is 9.88 Å². The number of carbonyl (C=O) groups excluding carboxylic acids is 1. The van der Waals surface area contributed by atoms with Crippen molar-refractivity contribution in [3.63, 3.8) is 0 Å². The molecule has 0 aliphatic heterocycles. The van der Waals surface area contributed by atoms with Crippen LogP contribution >= 0.6 is 11.8 Å². The summed E-state index contributed by atoms with van der Waals surface area (Å²) in [6, 6.07) is 15.9. The number of thioether (sulfide) groups is 1. The molecular weight excluding hydrogens is 460 g/mol. The molecule has 2 aromatic carbocycles. The molecule has 0 fully saturated rings. The molecule has 1 amide bonds. The quantitative estimate of drug-likeness (QED) is 0.421. The van der Waals surface area contributed by atoms with Crippen molar-refractivity contribution in [2.45, 2.75) is 36.0 Å². The number of hydrogen-bond acceptors (Lipinski definition) is 7. The van der Waals surface area contributed by atoms with Crippen LogP contribution in [0.5, 0.6) is 0 Å². The van der Waals surface area contributed by atoms with Crippen LogP contribution in [0.3, 0.4) is 0 Å². The predicted molar refractivity (Wildman–Crippen MR) is 129 cm³/mol. The van der Waals surface area contributed by atoms with Crippen molar-refractivity contribution in [3.05, 3.63) is 66.0 Å². The Kier molecular flexibility index (Phi) is 8.25. The summed E-state index contributed by atoms with van der Waals surface area (Å²) in [7, 11) is 0.246. The van der Waals surface area contributed by atoms with Gasteiger partial charge >= 0.3 is 0 Å². The lowest BCUT2D eigenvalue weighted by Crippen LogP contribution is -2.23. The molecule has 3 aromatic rings. The lowest BCUT2D eigenvalue weighted by molar-refractivity contribution is -0.113. The zero-order valence-electron chi connectivity index (χ0n) is 18.8. The van der Waals surface area contributed by atoms with Crippen molar-refractivity contribution in [2.75, 3.05) is 25.2 Å². The van der Waals surface area contributed by atoms with Crippen LogP contribution in [-0.2, 0) is 21.4 Å². The maximum absolute atomic E-state index is 12.5. The molecule has 0 saturated carbocycles. The summed E-state index contributed by atoms with van der Waals surface area (Å²) < 4.78 is 24.8. The van der Waals surface area contributed by atoms with Crippen molar-refractivity contribution in [1.29, 1.82) is 0 Å². The molecule has 1 atom stereocenters. The van der Waals surface area contributed by atoms with Crippen LogP contribution in [0.25, 0.3) is 0 Å². The number of amides is 1. The van der Waals surface area contributed by atoms with Crippen LogP contribution in [0.4, 0.5) is 5.69 Å². The Bertz CT molecular complexity index is 1180. The van der Waals surface area contributed by atoms with Crippen molar-refractivity contribution >= 4 is 33.4 Å². The molecule has 0 radical (unpaired) electrons. The standard InChI is InChI=1S/C22H28N6O3S2/c1-4-19(27(2)3)21-25-26-22(28(21)14-16-8-6-5-7-9-16)32-15-20(29)24-17-10-12-18(13-11-17)33(23,30)31/h5-13,19H,4,14-15H2,1-3H3,(H,24,29)(H2,23,30,31)/t19-/m0/s1. The Labute approximate surface area is 198 Å². The van der Waals surface area contributed by atoms with Crippen LogP contribution in [0, 0.1) is 0 Å². The Balaban J connectivity index is 1.74. The van der Waals surface area contributed by atoms with Gasteiger partial charge in [-0.1, -0.05) is 49.0 Å². The summed E-state index contributed by atoms with van der Waals surface area (Å²) in [5.41, 5.74) is 1.60. The second kappa shape index (κ2) is 10.9. The van der Waals surface area contributed by atoms with Crippen LogP contribution in [0.15, 0.2) is 64.6 Å². The first-order valence-electron chi connectivity index (χ1n) is 10.4. The highest BCUT2D eigenvalue weighted by atomic mass is 32.2. The van der Waals surface area contributed by atoms with E-state index < -0.39 is 10.0 Å². The fourth-order valence-corrected chi connectivity index (χ4v) is 4.66. The minimum Gasteiger partial charge on any atom is -0.325 e. The molecule has 0 bridgehead atoms. The summed E-state index contributed by atoms with van der Waals surface area (Å²) >= 11 is 1.30. The smallest absolute Gasteiger partial charge is 0.238 e. The van der Waals surface area contributed by atoms with E-state index in [1.54, 1.807) is 0 Å². The zero-order valence-corrected chi connectivity index (χ0v) is 20.4. The Hall–Kier alpha value is -2.73. The Morgan fingerprint density at radius 2 is 1.79 bits per heavy atom. The van der Waals surface area contributed by atoms with E-state index in [0.29, 0.717) is 17.4 Å². The SMILES string of the molecule is CC[C@@H](c1nnc(SCC(=O)Nc2ccc(S(N)(=O)=O)cc2)n1Cc1ccccc1)N(C)C. The molecule has 11 heteroatoms. The average molecular weight is 489 g/mol. The minimum atomic E-state index is -3.78. The number of sulfonamides is 1. The topological polar surface area (TPSA) is 123 Å². The highest BCUT2D eigenvalue weighted by Crippen LogP contribution is 2.26. The first-order valence-corrected chi connectivity index (χ1v) is 12.9. The molecule has 176 valence electrons. The van der Waals surface area contributed by atoms with Gasteiger partial charge in [0.25, 0.3) is 0 Å². The molecule has 0 aliphatic rings. The fourth-order valence-electron chi connectivity index (χ4n) is 3.40. The first-order chi connectivity index (χ1) is 15.7. The molecule has 0 saturated heterocycles. The van der Waals surface area contributed by atoms with E-state index in [1.807, 2.05) is 44.4 Å². The van der Waals surface area contributed by atoms with Crippen molar-refractivity contribution < 1.29 is 13.2 Å². The fraction of sp³-hybridized carbons (Fsp3) is 0.318. The van der Waals surface area contributed by atoms with Gasteiger partial charge in [-0.3, -0.25) is 9.69 Å². The number of rotatable bonds is 10. The predicted octanol–water partition coefficient (Wildman–Crippen LogP) is 2.72. The summed E-state index contributed by atoms with van der Waals surface area (Å²) in [5.74, 6) is 0.745. The number of benzene rings is 2. The molecule has 0 unspecified atom stereocenters. The number of hydrogen-bond donors (Lipinski definition) is 2. The summed E-state index contributed by atoms with van der Waals surface area (Å²) in [6.45, 7) is 2.71. The molecule has 1 heterocycles. The maximum Gasteiger partial charge on any atom is 0.238 e. The monoisotopic (exact) mass is 488 g/mol. The van der Waals surface area contributed by atoms with E-state index in [9.17, 15) is 13.2 Å². The number of nitrogens with one attached hydrogen (secondary N) is 1. The molecular formula is C22H28N6O3S2. The van der Waals surface area contributed by atoms with E-state index in [4.69, 9.17) is 5.14 Å². The first kappa shape index (κ1) is 24.9. The molecule has 0 spiro atoms. The highest BCUT2D eigenvalue weighted by molar-refractivity contribution is 7.99. The molecule has 33 heavy (non-hydrogen) atoms. The maximum atomic E-state index is 12.5. The molecule has 9 nitrogen and oxygen atoms in total. The van der Waals surface area contributed by atoms with E-state index >= 15 is 0 Å². The minimum absolute atomic E-state index is 0.0113. The summed E-state index contributed by atoms with van der Waals surface area (Å²) in [5, 5.41) is 17.3. The summed E-state index contributed by atoms with van der Waals surface area (Å²) in [6.07, 6.45) is 0.875. The number of nitrogens with zero attached hydrogens (tertiary/aromatic N) is 4. The lowest BCUT2D eigenvalue weighted by Gasteiger charge is -2.23.